The van der Waals surface area contributed by atoms with Crippen molar-refractivity contribution >= 4 is 17.6 Å². The van der Waals surface area contributed by atoms with E-state index in [0.29, 0.717) is 18.7 Å². The topological polar surface area (TPSA) is 121 Å². The van der Waals surface area contributed by atoms with Gasteiger partial charge in [0.15, 0.2) is 6.29 Å². The van der Waals surface area contributed by atoms with Gasteiger partial charge in [-0.05, 0) is 48.9 Å². The molecule has 4 rings (SSSR count). The first-order valence-electron chi connectivity index (χ1n) is 13.6. The molecule has 3 atom stereocenters. The Bertz CT molecular complexity index is 1240. The van der Waals surface area contributed by atoms with Gasteiger partial charge in [0, 0.05) is 61.9 Å². The number of carboxylic acids is 1. The molecule has 0 unspecified atom stereocenters. The third kappa shape index (κ3) is 8.96. The lowest BCUT2D eigenvalue weighted by Crippen LogP contribution is -2.38. The van der Waals surface area contributed by atoms with Crippen LogP contribution in [0.4, 0.5) is 5.69 Å². The maximum absolute atomic E-state index is 12.3. The highest BCUT2D eigenvalue weighted by molar-refractivity contribution is 5.90. The molecule has 0 spiro atoms. The van der Waals surface area contributed by atoms with E-state index in [9.17, 15) is 14.7 Å². The third-order valence-corrected chi connectivity index (χ3v) is 6.84. The molecule has 0 radical (unpaired) electrons. The molecule has 212 valence electrons. The van der Waals surface area contributed by atoms with Crippen molar-refractivity contribution in [2.24, 2.45) is 0 Å². The minimum absolute atomic E-state index is 0.0178. The van der Waals surface area contributed by atoms with E-state index in [1.807, 2.05) is 60.7 Å². The number of carboxylic acid groups (broad SMARTS) is 1. The number of benzene rings is 2. The van der Waals surface area contributed by atoms with Crippen LogP contribution in [0.2, 0.25) is 0 Å². The number of pyridine rings is 1. The lowest BCUT2D eigenvalue weighted by atomic mass is 9.99. The fourth-order valence-corrected chi connectivity index (χ4v) is 4.71. The highest BCUT2D eigenvalue weighted by Crippen LogP contribution is 2.38. The summed E-state index contributed by atoms with van der Waals surface area (Å²) >= 11 is 0. The van der Waals surface area contributed by atoms with Crippen LogP contribution in [0, 0.1) is 0 Å². The van der Waals surface area contributed by atoms with Crippen LogP contribution in [0.5, 0.6) is 0 Å². The molecular weight excluding hydrogens is 510 g/mol. The second kappa shape index (κ2) is 14.7. The lowest BCUT2D eigenvalue weighted by Gasteiger charge is -2.38. The lowest BCUT2D eigenvalue weighted by molar-refractivity contribution is -0.252. The predicted octanol–water partition coefficient (Wildman–Crippen LogP) is 4.49. The fraction of sp³-hybridized carbons (Fsp3) is 0.387. The van der Waals surface area contributed by atoms with E-state index in [4.69, 9.17) is 14.6 Å². The molecule has 1 aromatic heterocycles. The molecule has 1 fully saturated rings. The molecule has 3 aromatic rings. The third-order valence-electron chi connectivity index (χ3n) is 6.84. The highest BCUT2D eigenvalue weighted by atomic mass is 16.7. The summed E-state index contributed by atoms with van der Waals surface area (Å²) in [5.41, 5.74) is 4.27. The maximum Gasteiger partial charge on any atom is 0.303 e. The van der Waals surface area contributed by atoms with E-state index in [0.717, 1.165) is 35.3 Å². The Labute approximate surface area is 234 Å². The second-order valence-electron chi connectivity index (χ2n) is 10.1. The van der Waals surface area contributed by atoms with Crippen LogP contribution in [0.25, 0.3) is 0 Å². The van der Waals surface area contributed by atoms with E-state index < -0.39 is 12.3 Å². The van der Waals surface area contributed by atoms with Crippen LogP contribution in [-0.2, 0) is 32.1 Å². The molecule has 0 aliphatic carbocycles. The van der Waals surface area contributed by atoms with Crippen LogP contribution in [0.15, 0.2) is 72.9 Å². The van der Waals surface area contributed by atoms with E-state index in [1.54, 1.807) is 12.3 Å². The van der Waals surface area contributed by atoms with Gasteiger partial charge in [-0.25, -0.2) is 0 Å². The van der Waals surface area contributed by atoms with Crippen molar-refractivity contribution in [3.8, 4) is 0 Å². The van der Waals surface area contributed by atoms with Crippen LogP contribution < -0.4 is 5.32 Å². The summed E-state index contributed by atoms with van der Waals surface area (Å²) < 4.78 is 12.9. The molecule has 1 aliphatic heterocycles. The number of amides is 1. The normalized spacial score (nSPS) is 18.9. The van der Waals surface area contributed by atoms with Crippen LogP contribution in [-0.4, -0.2) is 58.2 Å². The van der Waals surface area contributed by atoms with Gasteiger partial charge in [-0.1, -0.05) is 42.5 Å². The Morgan fingerprint density at radius 3 is 2.58 bits per heavy atom. The zero-order chi connectivity index (χ0) is 28.3. The molecule has 1 saturated heterocycles. The summed E-state index contributed by atoms with van der Waals surface area (Å²) in [7, 11) is 2.07. The maximum atomic E-state index is 12.3. The Balaban J connectivity index is 1.45. The fourth-order valence-electron chi connectivity index (χ4n) is 4.71. The number of aliphatic carboxylic acids is 1. The Kier molecular flexibility index (Phi) is 10.8. The zero-order valence-corrected chi connectivity index (χ0v) is 22.7. The van der Waals surface area contributed by atoms with Crippen molar-refractivity contribution in [2.45, 2.75) is 57.2 Å². The molecule has 0 saturated carbocycles. The number of hydrogen-bond donors (Lipinski definition) is 3. The van der Waals surface area contributed by atoms with Crippen molar-refractivity contribution < 1.29 is 29.3 Å². The molecule has 1 aliphatic rings. The molecule has 2 heterocycles. The summed E-state index contributed by atoms with van der Waals surface area (Å²) in [4.78, 5) is 29.7. The number of anilines is 1. The van der Waals surface area contributed by atoms with Crippen LogP contribution in [0.1, 0.15) is 60.5 Å². The van der Waals surface area contributed by atoms with Gasteiger partial charge in [0.05, 0.1) is 18.8 Å². The summed E-state index contributed by atoms with van der Waals surface area (Å²) in [5.74, 6) is -1.16. The summed E-state index contributed by atoms with van der Waals surface area (Å²) in [6.07, 6.45) is 2.71. The second-order valence-corrected chi connectivity index (χ2v) is 10.1. The number of nitrogens with zero attached hydrogens (tertiary/aromatic N) is 2. The van der Waals surface area contributed by atoms with Crippen molar-refractivity contribution in [1.82, 2.24) is 9.88 Å². The van der Waals surface area contributed by atoms with Gasteiger partial charge in [-0.3, -0.25) is 14.6 Å². The SMILES string of the molecule is CN(CCc1ccccn1)C[C@H]1C[C@@H](c2ccc(CO)cc2)O[C@@H](c2cccc(NC(=O)CCCC(=O)O)c2)O1. The first kappa shape index (κ1) is 29.4. The number of rotatable bonds is 13. The van der Waals surface area contributed by atoms with Gasteiger partial charge < -0.3 is 29.9 Å². The number of carbonyl (C=O) groups is 2. The minimum atomic E-state index is -0.918. The number of hydrogen-bond acceptors (Lipinski definition) is 7. The first-order chi connectivity index (χ1) is 19.4. The number of aromatic nitrogens is 1. The van der Waals surface area contributed by atoms with Gasteiger partial charge >= 0.3 is 5.97 Å². The summed E-state index contributed by atoms with van der Waals surface area (Å²) in [5, 5.41) is 21.1. The van der Waals surface area contributed by atoms with Gasteiger partial charge in [-0.15, -0.1) is 0 Å². The molecule has 1 amide bonds. The predicted molar refractivity (Wildman–Crippen MR) is 150 cm³/mol. The number of aliphatic hydroxyl groups is 1. The van der Waals surface area contributed by atoms with Crippen LogP contribution >= 0.6 is 0 Å². The Morgan fingerprint density at radius 2 is 1.85 bits per heavy atom. The van der Waals surface area contributed by atoms with E-state index in [2.05, 4.69) is 22.2 Å². The molecule has 0 bridgehead atoms. The van der Waals surface area contributed by atoms with E-state index in [1.165, 1.54) is 0 Å². The summed E-state index contributed by atoms with van der Waals surface area (Å²) in [6.45, 7) is 1.52. The van der Waals surface area contributed by atoms with Gasteiger partial charge in [0.2, 0.25) is 5.91 Å². The van der Waals surface area contributed by atoms with E-state index in [-0.39, 0.29) is 44.0 Å². The standard InChI is InChI=1S/C31H37N3O6/c1-34(17-15-25-7-2-3-16-32-25)20-27-19-28(23-13-11-22(21-35)12-14-23)40-31(39-27)24-6-4-8-26(18-24)33-29(36)9-5-10-30(37)38/h2-4,6-8,11-14,16,18,27-28,31,35H,5,9-10,15,17,19-21H2,1H3,(H,33,36)(H,37,38)/t27-,28+,31+/m1/s1. The molecule has 2 aromatic carbocycles. The number of ether oxygens (including phenoxy) is 2. The van der Waals surface area contributed by atoms with Gasteiger partial charge in [0.1, 0.15) is 0 Å². The minimum Gasteiger partial charge on any atom is -0.481 e. The van der Waals surface area contributed by atoms with Crippen molar-refractivity contribution in [1.29, 1.82) is 0 Å². The molecule has 40 heavy (non-hydrogen) atoms. The molecular formula is C31H37N3O6. The quantitative estimate of drug-likeness (QED) is 0.286. The average molecular weight is 548 g/mol. The highest BCUT2D eigenvalue weighted by Gasteiger charge is 2.33. The Hall–Kier alpha value is -3.63. The molecule has 9 nitrogen and oxygen atoms in total. The number of nitrogens with one attached hydrogen (secondary N) is 1. The van der Waals surface area contributed by atoms with E-state index >= 15 is 0 Å². The number of carbonyl (C=O) groups excluding carboxylic acids is 1. The largest absolute Gasteiger partial charge is 0.481 e. The van der Waals surface area contributed by atoms with Crippen molar-refractivity contribution in [2.75, 3.05) is 25.5 Å². The molecule has 9 heteroatoms. The van der Waals surface area contributed by atoms with Crippen molar-refractivity contribution in [3.63, 3.8) is 0 Å². The van der Waals surface area contributed by atoms with Crippen molar-refractivity contribution in [3.05, 3.63) is 95.3 Å². The Morgan fingerprint density at radius 1 is 1.02 bits per heavy atom. The monoisotopic (exact) mass is 547 g/mol. The van der Waals surface area contributed by atoms with Crippen LogP contribution in [0.3, 0.4) is 0 Å². The molecule has 3 N–H and O–H groups in total. The average Bonchev–Trinajstić information content (AvgIpc) is 2.96. The van der Waals surface area contributed by atoms with Gasteiger partial charge in [-0.2, -0.15) is 0 Å². The smallest absolute Gasteiger partial charge is 0.303 e. The van der Waals surface area contributed by atoms with Gasteiger partial charge in [0.25, 0.3) is 0 Å². The zero-order valence-electron chi connectivity index (χ0n) is 22.7. The first-order valence-corrected chi connectivity index (χ1v) is 13.6. The summed E-state index contributed by atoms with van der Waals surface area (Å²) in [6, 6.07) is 21.1. The number of aliphatic hydroxyl groups excluding tert-OH is 1. The number of likely N-dealkylation sites (N-methyl/N-ethyl adjacent to an activating group) is 1.